The third kappa shape index (κ3) is 3.78. The minimum Gasteiger partial charge on any atom is -0.303 e. The molecule has 23 heavy (non-hydrogen) atoms. The Kier molecular flexibility index (Phi) is 4.55. The summed E-state index contributed by atoms with van der Waals surface area (Å²) in [5.74, 6) is 1.15. The van der Waals surface area contributed by atoms with Gasteiger partial charge in [-0.05, 0) is 60.9 Å². The van der Waals surface area contributed by atoms with Crippen molar-refractivity contribution >= 4 is 10.0 Å². The number of hydrogen-bond acceptors (Lipinski definition) is 3. The zero-order valence-electron chi connectivity index (χ0n) is 14.4. The van der Waals surface area contributed by atoms with Crippen LogP contribution in [0.4, 0.5) is 0 Å². The molecule has 3 fully saturated rings. The van der Waals surface area contributed by atoms with Gasteiger partial charge in [0.1, 0.15) is 0 Å². The highest BCUT2D eigenvalue weighted by Crippen LogP contribution is 2.32. The van der Waals surface area contributed by atoms with Crippen LogP contribution in [-0.4, -0.2) is 39.5 Å². The highest BCUT2D eigenvalue weighted by molar-refractivity contribution is 7.89. The van der Waals surface area contributed by atoms with Gasteiger partial charge in [-0.25, -0.2) is 13.1 Å². The molecule has 2 bridgehead atoms. The first-order valence-corrected chi connectivity index (χ1v) is 10.1. The largest absolute Gasteiger partial charge is 0.303 e. The average molecular weight is 337 g/mol. The zero-order chi connectivity index (χ0) is 16.7. The Morgan fingerprint density at radius 3 is 2.22 bits per heavy atom. The number of piperidine rings is 3. The maximum atomic E-state index is 12.5. The smallest absolute Gasteiger partial charge is 0.240 e. The van der Waals surface area contributed by atoms with Crippen molar-refractivity contribution in [1.82, 2.24) is 9.62 Å². The molecule has 5 heteroatoms. The highest BCUT2D eigenvalue weighted by Gasteiger charge is 2.34. The zero-order valence-corrected chi connectivity index (χ0v) is 15.2. The molecule has 1 aromatic carbocycles. The van der Waals surface area contributed by atoms with Gasteiger partial charge in [0.15, 0.2) is 0 Å². The van der Waals surface area contributed by atoms with Gasteiger partial charge in [0.05, 0.1) is 4.90 Å². The van der Waals surface area contributed by atoms with E-state index in [1.165, 1.54) is 25.9 Å². The van der Waals surface area contributed by atoms with E-state index in [0.717, 1.165) is 12.1 Å². The van der Waals surface area contributed by atoms with Gasteiger partial charge >= 0.3 is 0 Å². The summed E-state index contributed by atoms with van der Waals surface area (Å²) in [5, 5.41) is 0. The summed E-state index contributed by atoms with van der Waals surface area (Å²) in [4.78, 5) is 2.82. The van der Waals surface area contributed by atoms with Gasteiger partial charge in [-0.2, -0.15) is 0 Å². The van der Waals surface area contributed by atoms with Crippen LogP contribution in [0.5, 0.6) is 0 Å². The van der Waals surface area contributed by atoms with E-state index in [-0.39, 0.29) is 5.41 Å². The van der Waals surface area contributed by atoms with Crippen LogP contribution in [0.25, 0.3) is 0 Å². The number of sulfonamides is 1. The van der Waals surface area contributed by atoms with Crippen LogP contribution in [0.2, 0.25) is 0 Å². The lowest BCUT2D eigenvalue weighted by molar-refractivity contribution is 0.0536. The number of fused-ring (bicyclic) bond motifs is 3. The molecule has 3 aliphatic rings. The fraction of sp³-hybridized carbons (Fsp3) is 0.667. The van der Waals surface area contributed by atoms with Crippen LogP contribution in [-0.2, 0) is 15.4 Å². The van der Waals surface area contributed by atoms with E-state index in [9.17, 15) is 8.42 Å². The topological polar surface area (TPSA) is 49.4 Å². The highest BCUT2D eigenvalue weighted by atomic mass is 32.2. The van der Waals surface area contributed by atoms with Crippen LogP contribution < -0.4 is 4.72 Å². The first-order valence-electron chi connectivity index (χ1n) is 8.58. The minimum absolute atomic E-state index is 0.0332. The predicted octanol–water partition coefficient (Wildman–Crippen LogP) is 2.60. The van der Waals surface area contributed by atoms with Crippen molar-refractivity contribution in [1.29, 1.82) is 0 Å². The Labute approximate surface area is 140 Å². The molecule has 3 aliphatic heterocycles. The average Bonchev–Trinajstić information content (AvgIpc) is 2.53. The van der Waals surface area contributed by atoms with E-state index < -0.39 is 10.0 Å². The van der Waals surface area contributed by atoms with Crippen molar-refractivity contribution in [3.63, 3.8) is 0 Å². The molecule has 4 nitrogen and oxygen atoms in total. The molecule has 1 N–H and O–H groups in total. The lowest BCUT2D eigenvalue weighted by Crippen LogP contribution is -2.50. The van der Waals surface area contributed by atoms with E-state index in [2.05, 4.69) is 30.4 Å². The summed E-state index contributed by atoms with van der Waals surface area (Å²) in [5.41, 5.74) is 1.18. The minimum atomic E-state index is -3.41. The molecule has 0 saturated carbocycles. The number of hydrogen-bond donors (Lipinski definition) is 1. The first kappa shape index (κ1) is 16.9. The van der Waals surface area contributed by atoms with Crippen LogP contribution >= 0.6 is 0 Å². The normalized spacial score (nSPS) is 28.0. The molecule has 4 rings (SSSR count). The Balaban J connectivity index is 1.65. The summed E-state index contributed by atoms with van der Waals surface area (Å²) >= 11 is 0. The summed E-state index contributed by atoms with van der Waals surface area (Å²) < 4.78 is 27.9. The monoisotopic (exact) mass is 336 g/mol. The molecule has 0 aromatic heterocycles. The van der Waals surface area contributed by atoms with Crippen LogP contribution in [0.15, 0.2) is 29.2 Å². The quantitative estimate of drug-likeness (QED) is 0.919. The second-order valence-corrected chi connectivity index (χ2v) is 9.79. The number of rotatable bonds is 4. The van der Waals surface area contributed by atoms with E-state index in [0.29, 0.717) is 23.3 Å². The summed E-state index contributed by atoms with van der Waals surface area (Å²) in [7, 11) is -3.41. The lowest BCUT2D eigenvalue weighted by atomic mass is 9.79. The van der Waals surface area contributed by atoms with E-state index in [1.54, 1.807) is 12.1 Å². The first-order chi connectivity index (χ1) is 10.8. The summed E-state index contributed by atoms with van der Waals surface area (Å²) in [6.07, 6.45) is 2.43. The molecule has 0 amide bonds. The lowest BCUT2D eigenvalue weighted by Gasteiger charge is -2.44. The van der Waals surface area contributed by atoms with Crippen molar-refractivity contribution in [3.05, 3.63) is 29.8 Å². The molecular formula is C18H28N2O2S. The maximum Gasteiger partial charge on any atom is 0.240 e. The molecule has 3 saturated heterocycles. The number of nitrogens with zero attached hydrogens (tertiary/aromatic N) is 1. The maximum absolute atomic E-state index is 12.5. The van der Waals surface area contributed by atoms with Crippen LogP contribution in [0.3, 0.4) is 0 Å². The van der Waals surface area contributed by atoms with Crippen LogP contribution in [0.1, 0.15) is 39.2 Å². The Morgan fingerprint density at radius 1 is 1.13 bits per heavy atom. The van der Waals surface area contributed by atoms with Gasteiger partial charge in [-0.1, -0.05) is 32.9 Å². The third-order valence-electron chi connectivity index (χ3n) is 5.36. The van der Waals surface area contributed by atoms with Gasteiger partial charge < -0.3 is 4.90 Å². The van der Waals surface area contributed by atoms with Gasteiger partial charge in [0, 0.05) is 13.1 Å². The van der Waals surface area contributed by atoms with E-state index in [4.69, 9.17) is 0 Å². The van der Waals surface area contributed by atoms with Crippen LogP contribution in [0, 0.1) is 11.8 Å². The molecule has 1 aromatic rings. The van der Waals surface area contributed by atoms with Gasteiger partial charge in [-0.3, -0.25) is 0 Å². The predicted molar refractivity (Wildman–Crippen MR) is 93.0 cm³/mol. The number of nitrogens with one attached hydrogen (secondary N) is 1. The standard InChI is InChI=1S/C18H28N2O2S/c1-18(2,3)16-4-6-17(7-5-16)23(21,22)19-12-15-13-20-10-8-14(15)9-11-20/h4-7,14-15,19H,8-13H2,1-3H3. The van der Waals surface area contributed by atoms with E-state index >= 15 is 0 Å². The van der Waals surface area contributed by atoms with Crippen molar-refractivity contribution in [2.45, 2.75) is 43.9 Å². The second kappa shape index (κ2) is 6.19. The molecule has 3 heterocycles. The van der Waals surface area contributed by atoms with Crippen molar-refractivity contribution in [2.75, 3.05) is 26.2 Å². The summed E-state index contributed by atoms with van der Waals surface area (Å²) in [6, 6.07) is 7.28. The summed E-state index contributed by atoms with van der Waals surface area (Å²) in [6.45, 7) is 10.3. The SMILES string of the molecule is CC(C)(C)c1ccc(S(=O)(=O)NCC2CN3CCC2CC3)cc1. The fourth-order valence-corrected chi connectivity index (χ4v) is 4.85. The molecule has 0 aliphatic carbocycles. The fourth-order valence-electron chi connectivity index (χ4n) is 3.75. The van der Waals surface area contributed by atoms with Gasteiger partial charge in [0.2, 0.25) is 10.0 Å². The van der Waals surface area contributed by atoms with E-state index in [1.807, 2.05) is 12.1 Å². The van der Waals surface area contributed by atoms with Gasteiger partial charge in [0.25, 0.3) is 0 Å². The van der Waals surface area contributed by atoms with Crippen molar-refractivity contribution < 1.29 is 8.42 Å². The Morgan fingerprint density at radius 2 is 1.74 bits per heavy atom. The van der Waals surface area contributed by atoms with Crippen molar-refractivity contribution in [3.8, 4) is 0 Å². The number of benzene rings is 1. The van der Waals surface area contributed by atoms with Crippen molar-refractivity contribution in [2.24, 2.45) is 11.8 Å². The molecule has 0 spiro atoms. The molecule has 1 atom stereocenters. The molecule has 1 unspecified atom stereocenters. The molecule has 128 valence electrons. The van der Waals surface area contributed by atoms with Gasteiger partial charge in [-0.15, -0.1) is 0 Å². The third-order valence-corrected chi connectivity index (χ3v) is 6.80. The Hall–Kier alpha value is -0.910. The molecule has 0 radical (unpaired) electrons. The molecular weight excluding hydrogens is 308 g/mol. The second-order valence-electron chi connectivity index (χ2n) is 8.02. The Bertz CT molecular complexity index is 639.